The molecule has 8 heteroatoms. The van der Waals surface area contributed by atoms with Gasteiger partial charge in [-0.05, 0) is 13.0 Å². The van der Waals surface area contributed by atoms with Crippen molar-refractivity contribution >= 4 is 23.2 Å². The van der Waals surface area contributed by atoms with Crippen molar-refractivity contribution < 1.29 is 9.59 Å². The van der Waals surface area contributed by atoms with Gasteiger partial charge in [-0.2, -0.15) is 5.10 Å². The summed E-state index contributed by atoms with van der Waals surface area (Å²) in [6.45, 7) is 7.96. The number of thiazole rings is 1. The van der Waals surface area contributed by atoms with E-state index in [9.17, 15) is 9.59 Å². The third-order valence-corrected chi connectivity index (χ3v) is 4.96. The van der Waals surface area contributed by atoms with Crippen LogP contribution < -0.4 is 5.32 Å². The van der Waals surface area contributed by atoms with E-state index in [0.29, 0.717) is 31.1 Å². The molecular weight excluding hydrogens is 326 g/mol. The standard InChI is InChI=1S/C16H21N5O2S/c1-10(2)16(23)20-4-5-21-13(8-20)6-12(19-21)7-17-15(22)14-11(3)18-9-24-14/h6,9-10H,4-5,7-8H2,1-3H3,(H,17,22). The number of nitrogens with zero attached hydrogens (tertiary/aromatic N) is 4. The first-order valence-corrected chi connectivity index (χ1v) is 8.86. The zero-order chi connectivity index (χ0) is 17.3. The zero-order valence-electron chi connectivity index (χ0n) is 14.1. The number of amides is 2. The van der Waals surface area contributed by atoms with Gasteiger partial charge >= 0.3 is 0 Å². The maximum absolute atomic E-state index is 12.1. The number of hydrogen-bond acceptors (Lipinski definition) is 5. The molecule has 0 saturated heterocycles. The SMILES string of the molecule is Cc1ncsc1C(=O)NCc1cc2n(n1)CCN(C(=O)C(C)C)C2. The lowest BCUT2D eigenvalue weighted by Crippen LogP contribution is -2.40. The molecule has 0 aliphatic carbocycles. The monoisotopic (exact) mass is 347 g/mol. The van der Waals surface area contributed by atoms with Crippen LogP contribution in [-0.2, 0) is 24.4 Å². The quantitative estimate of drug-likeness (QED) is 0.910. The number of carbonyl (C=O) groups excluding carboxylic acids is 2. The van der Waals surface area contributed by atoms with Crippen molar-refractivity contribution in [2.24, 2.45) is 5.92 Å². The van der Waals surface area contributed by atoms with E-state index in [2.05, 4.69) is 15.4 Å². The van der Waals surface area contributed by atoms with E-state index in [4.69, 9.17) is 0 Å². The fraction of sp³-hybridized carbons (Fsp3) is 0.500. The highest BCUT2D eigenvalue weighted by Gasteiger charge is 2.24. The smallest absolute Gasteiger partial charge is 0.263 e. The molecule has 3 heterocycles. The second kappa shape index (κ2) is 6.72. The fourth-order valence-electron chi connectivity index (χ4n) is 2.74. The molecule has 7 nitrogen and oxygen atoms in total. The average molecular weight is 347 g/mol. The van der Waals surface area contributed by atoms with Crippen molar-refractivity contribution in [1.82, 2.24) is 25.0 Å². The summed E-state index contributed by atoms with van der Waals surface area (Å²) in [6, 6.07) is 1.96. The van der Waals surface area contributed by atoms with Gasteiger partial charge in [-0.3, -0.25) is 14.3 Å². The minimum absolute atomic E-state index is 0.000810. The van der Waals surface area contributed by atoms with Gasteiger partial charge in [-0.15, -0.1) is 11.3 Å². The minimum atomic E-state index is -0.127. The van der Waals surface area contributed by atoms with Crippen LogP contribution in [0.5, 0.6) is 0 Å². The number of carbonyl (C=O) groups is 2. The summed E-state index contributed by atoms with van der Waals surface area (Å²) in [4.78, 5) is 30.8. The Morgan fingerprint density at radius 3 is 2.83 bits per heavy atom. The molecule has 1 N–H and O–H groups in total. The van der Waals surface area contributed by atoms with Gasteiger partial charge in [-0.1, -0.05) is 13.8 Å². The van der Waals surface area contributed by atoms with E-state index in [1.807, 2.05) is 36.4 Å². The summed E-state index contributed by atoms with van der Waals surface area (Å²) >= 11 is 1.33. The lowest BCUT2D eigenvalue weighted by atomic mass is 10.1. The lowest BCUT2D eigenvalue weighted by Gasteiger charge is -2.29. The Labute approximate surface area is 144 Å². The Balaban J connectivity index is 1.63. The van der Waals surface area contributed by atoms with Crippen LogP contribution in [-0.4, -0.2) is 38.0 Å². The highest BCUT2D eigenvalue weighted by atomic mass is 32.1. The number of hydrogen-bond donors (Lipinski definition) is 1. The topological polar surface area (TPSA) is 80.1 Å². The maximum Gasteiger partial charge on any atom is 0.263 e. The molecular formula is C16H21N5O2S. The summed E-state index contributed by atoms with van der Waals surface area (Å²) in [5, 5.41) is 7.40. The van der Waals surface area contributed by atoms with Gasteiger partial charge in [0, 0.05) is 12.5 Å². The van der Waals surface area contributed by atoms with Gasteiger partial charge in [0.2, 0.25) is 5.91 Å². The summed E-state index contributed by atoms with van der Waals surface area (Å²) in [6.07, 6.45) is 0. The van der Waals surface area contributed by atoms with E-state index in [-0.39, 0.29) is 17.7 Å². The van der Waals surface area contributed by atoms with Crippen LogP contribution in [0.15, 0.2) is 11.6 Å². The van der Waals surface area contributed by atoms with Crippen molar-refractivity contribution in [2.75, 3.05) is 6.54 Å². The van der Waals surface area contributed by atoms with Crippen molar-refractivity contribution in [2.45, 2.75) is 40.4 Å². The summed E-state index contributed by atoms with van der Waals surface area (Å²) in [5.41, 5.74) is 4.22. The molecule has 0 atom stereocenters. The van der Waals surface area contributed by atoms with Crippen LogP contribution >= 0.6 is 11.3 Å². The van der Waals surface area contributed by atoms with E-state index in [1.165, 1.54) is 11.3 Å². The number of rotatable bonds is 4. The van der Waals surface area contributed by atoms with Crippen molar-refractivity contribution in [3.8, 4) is 0 Å². The highest BCUT2D eigenvalue weighted by Crippen LogP contribution is 2.16. The molecule has 2 amide bonds. The van der Waals surface area contributed by atoms with Crippen LogP contribution in [0.4, 0.5) is 0 Å². The van der Waals surface area contributed by atoms with Crippen LogP contribution in [0.2, 0.25) is 0 Å². The van der Waals surface area contributed by atoms with E-state index in [1.54, 1.807) is 5.51 Å². The zero-order valence-corrected chi connectivity index (χ0v) is 14.9. The van der Waals surface area contributed by atoms with Crippen LogP contribution in [0, 0.1) is 12.8 Å². The van der Waals surface area contributed by atoms with Crippen LogP contribution in [0.25, 0.3) is 0 Å². The predicted octanol–water partition coefficient (Wildman–Crippen LogP) is 1.58. The Kier molecular flexibility index (Phi) is 4.66. The number of nitrogens with one attached hydrogen (secondary N) is 1. The first-order valence-electron chi connectivity index (χ1n) is 7.98. The second-order valence-corrected chi connectivity index (χ2v) is 7.07. The van der Waals surface area contributed by atoms with Crippen molar-refractivity contribution in [1.29, 1.82) is 0 Å². The fourth-order valence-corrected chi connectivity index (χ4v) is 3.46. The molecule has 0 aromatic carbocycles. The summed E-state index contributed by atoms with van der Waals surface area (Å²) in [7, 11) is 0. The first-order chi connectivity index (χ1) is 11.5. The van der Waals surface area contributed by atoms with Crippen LogP contribution in [0.1, 0.15) is 40.6 Å². The highest BCUT2D eigenvalue weighted by molar-refractivity contribution is 7.11. The summed E-state index contributed by atoms with van der Waals surface area (Å²) in [5.74, 6) is 0.0384. The van der Waals surface area contributed by atoms with Crippen molar-refractivity contribution in [3.63, 3.8) is 0 Å². The molecule has 0 saturated carbocycles. The van der Waals surface area contributed by atoms with Gasteiger partial charge < -0.3 is 10.2 Å². The molecule has 128 valence electrons. The summed E-state index contributed by atoms with van der Waals surface area (Å²) < 4.78 is 1.92. The molecule has 0 spiro atoms. The molecule has 3 rings (SSSR count). The molecule has 2 aromatic heterocycles. The average Bonchev–Trinajstić information content (AvgIpc) is 3.16. The van der Waals surface area contributed by atoms with Gasteiger partial charge in [0.25, 0.3) is 5.91 Å². The Bertz CT molecular complexity index is 764. The second-order valence-electron chi connectivity index (χ2n) is 6.21. The molecule has 0 bridgehead atoms. The van der Waals surface area contributed by atoms with Gasteiger partial charge in [0.1, 0.15) is 4.88 Å². The van der Waals surface area contributed by atoms with Crippen LogP contribution in [0.3, 0.4) is 0 Å². The number of fused-ring (bicyclic) bond motifs is 1. The maximum atomic E-state index is 12.1. The third-order valence-electron chi connectivity index (χ3n) is 4.04. The lowest BCUT2D eigenvalue weighted by molar-refractivity contribution is -0.136. The van der Waals surface area contributed by atoms with Crippen molar-refractivity contribution in [3.05, 3.63) is 33.5 Å². The molecule has 24 heavy (non-hydrogen) atoms. The van der Waals surface area contributed by atoms with Gasteiger partial charge in [-0.25, -0.2) is 4.98 Å². The molecule has 0 radical (unpaired) electrons. The minimum Gasteiger partial charge on any atom is -0.346 e. The first kappa shape index (κ1) is 16.6. The predicted molar refractivity (Wildman–Crippen MR) is 90.5 cm³/mol. The Morgan fingerprint density at radius 1 is 1.38 bits per heavy atom. The Hall–Kier alpha value is -2.22. The third kappa shape index (κ3) is 3.33. The number of aromatic nitrogens is 3. The molecule has 1 aliphatic rings. The van der Waals surface area contributed by atoms with Gasteiger partial charge in [0.05, 0.1) is 42.2 Å². The largest absolute Gasteiger partial charge is 0.346 e. The van der Waals surface area contributed by atoms with E-state index in [0.717, 1.165) is 17.1 Å². The van der Waals surface area contributed by atoms with Gasteiger partial charge in [0.15, 0.2) is 0 Å². The molecule has 0 fully saturated rings. The molecule has 2 aromatic rings. The van der Waals surface area contributed by atoms with E-state index < -0.39 is 0 Å². The van der Waals surface area contributed by atoms with E-state index >= 15 is 0 Å². The molecule has 0 unspecified atom stereocenters. The molecule has 1 aliphatic heterocycles. The normalized spacial score (nSPS) is 13.9. The Morgan fingerprint density at radius 2 is 2.17 bits per heavy atom. The number of aryl methyl sites for hydroxylation is 1.